The van der Waals surface area contributed by atoms with Crippen LogP contribution in [0.3, 0.4) is 0 Å². The van der Waals surface area contributed by atoms with Gasteiger partial charge in [-0.25, -0.2) is 4.79 Å². The molecule has 1 aliphatic heterocycles. The predicted octanol–water partition coefficient (Wildman–Crippen LogP) is 2.11. The van der Waals surface area contributed by atoms with Gasteiger partial charge in [0, 0.05) is 25.2 Å². The molecule has 0 spiro atoms. The fourth-order valence-electron chi connectivity index (χ4n) is 2.78. The van der Waals surface area contributed by atoms with E-state index in [1.165, 1.54) is 11.0 Å². The van der Waals surface area contributed by atoms with E-state index in [1.807, 2.05) is 6.07 Å². The molecule has 0 saturated heterocycles. The first kappa shape index (κ1) is 19.9. The Balaban J connectivity index is 1.59. The Labute approximate surface area is 165 Å². The molecule has 0 aliphatic carbocycles. The summed E-state index contributed by atoms with van der Waals surface area (Å²) in [6, 6.07) is 8.80. The van der Waals surface area contributed by atoms with E-state index >= 15 is 0 Å². The number of carbonyl (C=O) groups is 2. The summed E-state index contributed by atoms with van der Waals surface area (Å²) in [5.74, 6) is 0.0488. The molecule has 29 heavy (non-hydrogen) atoms. The van der Waals surface area contributed by atoms with Crippen LogP contribution in [0.5, 0.6) is 11.5 Å². The second kappa shape index (κ2) is 8.46. The number of rotatable bonds is 7. The number of likely N-dealkylation sites (N-methyl/N-ethyl adjacent to an activating group) is 1. The van der Waals surface area contributed by atoms with Crippen molar-refractivity contribution >= 4 is 23.3 Å². The number of non-ortho nitro benzene ring substituents is 1. The van der Waals surface area contributed by atoms with Gasteiger partial charge in [-0.1, -0.05) is 6.07 Å². The monoisotopic (exact) mass is 401 g/mol. The average Bonchev–Trinajstić information content (AvgIpc) is 3.17. The summed E-state index contributed by atoms with van der Waals surface area (Å²) in [6.07, 6.45) is 0. The van der Waals surface area contributed by atoms with Crippen molar-refractivity contribution in [2.24, 2.45) is 0 Å². The van der Waals surface area contributed by atoms with Gasteiger partial charge >= 0.3 is 5.97 Å². The molecular formula is C19H19N3O7. The number of carbonyl (C=O) groups excluding carboxylic acids is 2. The third kappa shape index (κ3) is 4.54. The van der Waals surface area contributed by atoms with Crippen molar-refractivity contribution in [1.82, 2.24) is 4.90 Å². The van der Waals surface area contributed by atoms with Gasteiger partial charge in [-0.3, -0.25) is 14.9 Å². The Morgan fingerprint density at radius 1 is 1.21 bits per heavy atom. The smallest absolute Gasteiger partial charge is 0.340 e. The van der Waals surface area contributed by atoms with Crippen molar-refractivity contribution in [3.05, 3.63) is 57.6 Å². The normalized spacial score (nSPS) is 11.8. The van der Waals surface area contributed by atoms with Gasteiger partial charge in [-0.05, 0) is 30.7 Å². The number of nitrogens with two attached hydrogens (primary N) is 1. The lowest BCUT2D eigenvalue weighted by atomic mass is 10.1. The van der Waals surface area contributed by atoms with E-state index in [4.69, 9.17) is 19.9 Å². The fraction of sp³-hybridized carbons (Fsp3) is 0.263. The zero-order chi connectivity index (χ0) is 21.0. The summed E-state index contributed by atoms with van der Waals surface area (Å²) >= 11 is 0. The lowest BCUT2D eigenvalue weighted by molar-refractivity contribution is -0.384. The van der Waals surface area contributed by atoms with Crippen LogP contribution in [0.4, 0.5) is 11.4 Å². The van der Waals surface area contributed by atoms with Gasteiger partial charge in [0.15, 0.2) is 18.1 Å². The zero-order valence-electron chi connectivity index (χ0n) is 15.6. The minimum atomic E-state index is -0.829. The van der Waals surface area contributed by atoms with Crippen molar-refractivity contribution < 1.29 is 28.7 Å². The van der Waals surface area contributed by atoms with Gasteiger partial charge in [-0.15, -0.1) is 0 Å². The quantitative estimate of drug-likeness (QED) is 0.323. The number of nitro benzene ring substituents is 1. The molecule has 0 fully saturated rings. The Morgan fingerprint density at radius 3 is 2.66 bits per heavy atom. The van der Waals surface area contributed by atoms with Crippen LogP contribution in [0.25, 0.3) is 0 Å². The summed E-state index contributed by atoms with van der Waals surface area (Å²) in [5.41, 5.74) is 6.15. The fourth-order valence-corrected chi connectivity index (χ4v) is 2.78. The third-order valence-corrected chi connectivity index (χ3v) is 4.34. The van der Waals surface area contributed by atoms with Crippen LogP contribution in [0.15, 0.2) is 36.4 Å². The van der Waals surface area contributed by atoms with E-state index in [1.54, 1.807) is 19.1 Å². The first-order valence-electron chi connectivity index (χ1n) is 8.76. The SMILES string of the molecule is CCN(Cc1ccc2c(c1)OCO2)C(=O)COC(=O)c1ccc([N+](=O)[O-])cc1N. The van der Waals surface area contributed by atoms with Crippen molar-refractivity contribution in [1.29, 1.82) is 0 Å². The van der Waals surface area contributed by atoms with Crippen LogP contribution in [0.1, 0.15) is 22.8 Å². The first-order valence-corrected chi connectivity index (χ1v) is 8.76. The molecule has 0 unspecified atom stereocenters. The van der Waals surface area contributed by atoms with Crippen molar-refractivity contribution in [3.8, 4) is 11.5 Å². The minimum Gasteiger partial charge on any atom is -0.454 e. The summed E-state index contributed by atoms with van der Waals surface area (Å²) < 4.78 is 15.6. The molecule has 0 radical (unpaired) electrons. The van der Waals surface area contributed by atoms with E-state index < -0.39 is 17.5 Å². The Bertz CT molecular complexity index is 961. The van der Waals surface area contributed by atoms with Gasteiger partial charge in [0.05, 0.1) is 16.2 Å². The Hall–Kier alpha value is -3.82. The third-order valence-electron chi connectivity index (χ3n) is 4.34. The molecule has 1 aliphatic rings. The maximum Gasteiger partial charge on any atom is 0.340 e. The van der Waals surface area contributed by atoms with E-state index in [9.17, 15) is 19.7 Å². The van der Waals surface area contributed by atoms with Gasteiger partial charge in [-0.2, -0.15) is 0 Å². The highest BCUT2D eigenvalue weighted by Gasteiger charge is 2.20. The van der Waals surface area contributed by atoms with Crippen LogP contribution in [0.2, 0.25) is 0 Å². The standard InChI is InChI=1S/C19H19N3O7/c1-2-21(9-12-3-6-16-17(7-12)29-11-28-16)18(23)10-27-19(24)14-5-4-13(22(25)26)8-15(14)20/h3-8H,2,9-11,20H2,1H3. The van der Waals surface area contributed by atoms with Crippen molar-refractivity contribution in [3.63, 3.8) is 0 Å². The van der Waals surface area contributed by atoms with Crippen LogP contribution >= 0.6 is 0 Å². The summed E-state index contributed by atoms with van der Waals surface area (Å²) in [5, 5.41) is 10.7. The highest BCUT2D eigenvalue weighted by Crippen LogP contribution is 2.32. The topological polar surface area (TPSA) is 134 Å². The second-order valence-corrected chi connectivity index (χ2v) is 6.20. The molecule has 0 atom stereocenters. The van der Waals surface area contributed by atoms with Gasteiger partial charge in [0.1, 0.15) is 0 Å². The number of nitrogens with zero attached hydrogens (tertiary/aromatic N) is 2. The molecule has 2 aromatic rings. The van der Waals surface area contributed by atoms with Crippen molar-refractivity contribution in [2.75, 3.05) is 25.7 Å². The average molecular weight is 401 g/mol. The Morgan fingerprint density at radius 2 is 1.97 bits per heavy atom. The minimum absolute atomic E-state index is 0.0396. The number of hydrogen-bond donors (Lipinski definition) is 1. The van der Waals surface area contributed by atoms with E-state index in [-0.39, 0.29) is 29.6 Å². The number of esters is 1. The number of hydrogen-bond acceptors (Lipinski definition) is 8. The molecule has 10 heteroatoms. The Kier molecular flexibility index (Phi) is 5.82. The number of nitro groups is 1. The summed E-state index contributed by atoms with van der Waals surface area (Å²) in [6.45, 7) is 2.21. The molecular weight excluding hydrogens is 382 g/mol. The molecule has 152 valence electrons. The van der Waals surface area contributed by atoms with E-state index in [0.717, 1.165) is 17.7 Å². The molecule has 3 rings (SSSR count). The van der Waals surface area contributed by atoms with Crippen LogP contribution in [0, 0.1) is 10.1 Å². The molecule has 1 amide bonds. The second-order valence-electron chi connectivity index (χ2n) is 6.20. The maximum atomic E-state index is 12.4. The molecule has 1 heterocycles. The number of fused-ring (bicyclic) bond motifs is 1. The predicted molar refractivity (Wildman–Crippen MR) is 101 cm³/mol. The number of nitrogen functional groups attached to an aromatic ring is 1. The van der Waals surface area contributed by atoms with Gasteiger partial charge < -0.3 is 24.8 Å². The van der Waals surface area contributed by atoms with Crippen LogP contribution in [-0.4, -0.2) is 41.6 Å². The summed E-state index contributed by atoms with van der Waals surface area (Å²) in [7, 11) is 0. The number of amides is 1. The highest BCUT2D eigenvalue weighted by atomic mass is 16.7. The molecule has 2 aromatic carbocycles. The van der Waals surface area contributed by atoms with Crippen LogP contribution < -0.4 is 15.2 Å². The van der Waals surface area contributed by atoms with E-state index in [0.29, 0.717) is 24.6 Å². The largest absolute Gasteiger partial charge is 0.454 e. The maximum absolute atomic E-state index is 12.4. The number of anilines is 1. The molecule has 0 bridgehead atoms. The lowest BCUT2D eigenvalue weighted by Gasteiger charge is -2.21. The van der Waals surface area contributed by atoms with Crippen LogP contribution in [-0.2, 0) is 16.1 Å². The number of benzene rings is 2. The van der Waals surface area contributed by atoms with Crippen molar-refractivity contribution in [2.45, 2.75) is 13.5 Å². The molecule has 10 nitrogen and oxygen atoms in total. The summed E-state index contributed by atoms with van der Waals surface area (Å²) in [4.78, 5) is 36.3. The van der Waals surface area contributed by atoms with Gasteiger partial charge in [0.2, 0.25) is 6.79 Å². The lowest BCUT2D eigenvalue weighted by Crippen LogP contribution is -2.34. The first-order chi connectivity index (χ1) is 13.9. The van der Waals surface area contributed by atoms with E-state index in [2.05, 4.69) is 0 Å². The highest BCUT2D eigenvalue weighted by molar-refractivity contribution is 5.96. The molecule has 2 N–H and O–H groups in total. The zero-order valence-corrected chi connectivity index (χ0v) is 15.6. The number of ether oxygens (including phenoxy) is 3. The molecule has 0 aromatic heterocycles. The van der Waals surface area contributed by atoms with Gasteiger partial charge in [0.25, 0.3) is 11.6 Å². The molecule has 0 saturated carbocycles.